The average molecular weight is 529 g/mol. The van der Waals surface area contributed by atoms with Gasteiger partial charge in [0.2, 0.25) is 5.91 Å². The summed E-state index contributed by atoms with van der Waals surface area (Å²) in [4.78, 5) is 37.9. The number of carboxylic acid groups (broad SMARTS) is 1. The van der Waals surface area contributed by atoms with E-state index in [9.17, 15) is 24.6 Å². The van der Waals surface area contributed by atoms with Crippen molar-refractivity contribution < 1.29 is 34.4 Å². The molecule has 11 nitrogen and oxygen atoms in total. The van der Waals surface area contributed by atoms with E-state index in [4.69, 9.17) is 9.84 Å². The van der Waals surface area contributed by atoms with E-state index in [1.807, 2.05) is 19.1 Å². The number of carbonyl (C=O) groups is 3. The topological polar surface area (TPSA) is 170 Å². The SMILES string of the molecule is CC(=O)c1cccc(NC2=NCC(O)CN2)c1.CCOc1ccc(C(CC(=O)O)NC(=O)CC)c(O)c1C. The van der Waals surface area contributed by atoms with E-state index in [-0.39, 0.29) is 30.3 Å². The minimum absolute atomic E-state index is 0.0302. The van der Waals surface area contributed by atoms with E-state index in [2.05, 4.69) is 20.9 Å². The maximum Gasteiger partial charge on any atom is 0.305 e. The second-order valence-corrected chi connectivity index (χ2v) is 8.62. The first-order valence-electron chi connectivity index (χ1n) is 12.4. The third-order valence-electron chi connectivity index (χ3n) is 5.62. The molecule has 0 aromatic heterocycles. The van der Waals surface area contributed by atoms with Crippen LogP contribution in [0.1, 0.15) is 61.1 Å². The maximum absolute atomic E-state index is 11.5. The first-order chi connectivity index (χ1) is 18.0. The molecule has 2 aromatic rings. The monoisotopic (exact) mass is 528 g/mol. The summed E-state index contributed by atoms with van der Waals surface area (Å²) in [5.41, 5.74) is 2.36. The first-order valence-corrected chi connectivity index (χ1v) is 12.4. The number of guanidine groups is 1. The van der Waals surface area contributed by atoms with Gasteiger partial charge in [0.15, 0.2) is 11.7 Å². The number of nitrogens with zero attached hydrogens (tertiary/aromatic N) is 1. The van der Waals surface area contributed by atoms with Gasteiger partial charge >= 0.3 is 5.97 Å². The lowest BCUT2D eigenvalue weighted by Gasteiger charge is -2.20. The lowest BCUT2D eigenvalue weighted by Crippen LogP contribution is -2.42. The molecule has 0 spiro atoms. The molecule has 11 heteroatoms. The molecule has 0 aliphatic carbocycles. The first kappa shape index (κ1) is 30.1. The number of phenolic OH excluding ortho intramolecular Hbond substituents is 1. The van der Waals surface area contributed by atoms with Crippen molar-refractivity contribution in [2.75, 3.05) is 25.0 Å². The molecule has 1 aliphatic heterocycles. The van der Waals surface area contributed by atoms with Crippen LogP contribution in [-0.2, 0) is 9.59 Å². The van der Waals surface area contributed by atoms with Crippen molar-refractivity contribution in [3.63, 3.8) is 0 Å². The lowest BCUT2D eigenvalue weighted by molar-refractivity contribution is -0.137. The molecule has 38 heavy (non-hydrogen) atoms. The number of Topliss-reactive ketones (excluding diaryl/α,β-unsaturated/α-hetero) is 1. The van der Waals surface area contributed by atoms with Crippen LogP contribution in [0.4, 0.5) is 5.69 Å². The van der Waals surface area contributed by atoms with Crippen LogP contribution < -0.4 is 20.7 Å². The minimum atomic E-state index is -1.05. The summed E-state index contributed by atoms with van der Waals surface area (Å²) in [6.07, 6.45) is -0.483. The summed E-state index contributed by atoms with van der Waals surface area (Å²) in [5.74, 6) is -0.189. The number of benzene rings is 2. The summed E-state index contributed by atoms with van der Waals surface area (Å²) in [6, 6.07) is 9.70. The maximum atomic E-state index is 11.5. The number of phenols is 1. The largest absolute Gasteiger partial charge is 0.507 e. The third kappa shape index (κ3) is 9.07. The Bertz CT molecular complexity index is 1170. The van der Waals surface area contributed by atoms with Gasteiger partial charge in [-0.1, -0.05) is 19.1 Å². The van der Waals surface area contributed by atoms with Crippen molar-refractivity contribution in [3.05, 3.63) is 53.1 Å². The molecule has 0 fully saturated rings. The number of carbonyl (C=O) groups excluding carboxylic acids is 2. The highest BCUT2D eigenvalue weighted by Crippen LogP contribution is 2.35. The molecule has 2 aromatic carbocycles. The molecule has 2 unspecified atom stereocenters. The average Bonchev–Trinajstić information content (AvgIpc) is 2.88. The Hall–Kier alpha value is -4.12. The number of ketones is 1. The highest BCUT2D eigenvalue weighted by atomic mass is 16.5. The second kappa shape index (κ2) is 14.6. The van der Waals surface area contributed by atoms with Gasteiger partial charge in [-0.25, -0.2) is 0 Å². The van der Waals surface area contributed by atoms with Gasteiger partial charge in [-0.05, 0) is 45.0 Å². The number of aliphatic hydroxyl groups excluding tert-OH is 1. The third-order valence-corrected chi connectivity index (χ3v) is 5.62. The molecule has 1 amide bonds. The minimum Gasteiger partial charge on any atom is -0.507 e. The number of aromatic hydroxyl groups is 1. The van der Waals surface area contributed by atoms with Gasteiger partial charge in [-0.3, -0.25) is 19.4 Å². The molecule has 6 N–H and O–H groups in total. The van der Waals surface area contributed by atoms with E-state index < -0.39 is 18.1 Å². The summed E-state index contributed by atoms with van der Waals surface area (Å²) in [6.45, 7) is 8.06. The quantitative estimate of drug-likeness (QED) is 0.268. The van der Waals surface area contributed by atoms with Crippen LogP contribution in [0.3, 0.4) is 0 Å². The summed E-state index contributed by atoms with van der Waals surface area (Å²) < 4.78 is 5.37. The number of aliphatic carboxylic acids is 1. The van der Waals surface area contributed by atoms with Crippen molar-refractivity contribution in [1.29, 1.82) is 0 Å². The van der Waals surface area contributed by atoms with Gasteiger partial charge in [-0.15, -0.1) is 0 Å². The van der Waals surface area contributed by atoms with Gasteiger partial charge in [0.25, 0.3) is 0 Å². The van der Waals surface area contributed by atoms with Gasteiger partial charge in [0.1, 0.15) is 11.5 Å². The summed E-state index contributed by atoms with van der Waals surface area (Å²) in [7, 11) is 0. The van der Waals surface area contributed by atoms with Crippen molar-refractivity contribution in [1.82, 2.24) is 10.6 Å². The molecule has 2 atom stereocenters. The highest BCUT2D eigenvalue weighted by molar-refractivity contribution is 5.98. The van der Waals surface area contributed by atoms with Crippen LogP contribution in [0.25, 0.3) is 0 Å². The number of anilines is 1. The standard InChI is InChI=1S/C15H21NO5.C12H15N3O2/c1-4-13(17)16-11(8-14(18)19)10-6-7-12(21-5-2)9(3)15(10)20;1-8(16)9-3-2-4-10(5-9)15-12-13-6-11(17)7-14-12/h6-7,11,20H,4-5,8H2,1-3H3,(H,16,17)(H,18,19);2-5,11,17H,6-7H2,1H3,(H2,13,14,15). The zero-order valence-corrected chi connectivity index (χ0v) is 22.1. The molecule has 0 saturated heterocycles. The normalized spacial score (nSPS) is 15.1. The summed E-state index contributed by atoms with van der Waals surface area (Å²) in [5, 5.41) is 37.1. The van der Waals surface area contributed by atoms with E-state index in [0.717, 1.165) is 5.69 Å². The molecular weight excluding hydrogens is 492 g/mol. The van der Waals surface area contributed by atoms with Crippen LogP contribution >= 0.6 is 0 Å². The number of rotatable bonds is 9. The highest BCUT2D eigenvalue weighted by Gasteiger charge is 2.22. The number of hydrogen-bond donors (Lipinski definition) is 6. The van der Waals surface area contributed by atoms with E-state index in [1.165, 1.54) is 6.92 Å². The van der Waals surface area contributed by atoms with Crippen molar-refractivity contribution >= 4 is 29.3 Å². The van der Waals surface area contributed by atoms with Gasteiger partial charge in [-0.2, -0.15) is 0 Å². The van der Waals surface area contributed by atoms with E-state index in [0.29, 0.717) is 48.1 Å². The number of amides is 1. The fourth-order valence-corrected chi connectivity index (χ4v) is 3.57. The van der Waals surface area contributed by atoms with Crippen molar-refractivity contribution in [3.8, 4) is 11.5 Å². The number of nitrogens with one attached hydrogen (secondary N) is 3. The molecule has 0 bridgehead atoms. The fourth-order valence-electron chi connectivity index (χ4n) is 3.57. The van der Waals surface area contributed by atoms with Crippen LogP contribution in [0.2, 0.25) is 0 Å². The van der Waals surface area contributed by atoms with Crippen LogP contribution in [0, 0.1) is 6.92 Å². The number of aliphatic imine (C=N–C) groups is 1. The zero-order chi connectivity index (χ0) is 28.2. The van der Waals surface area contributed by atoms with E-state index >= 15 is 0 Å². The van der Waals surface area contributed by atoms with Crippen LogP contribution in [0.15, 0.2) is 41.4 Å². The van der Waals surface area contributed by atoms with Crippen LogP contribution in [0.5, 0.6) is 11.5 Å². The molecule has 1 aliphatic rings. The Balaban J connectivity index is 0.000000272. The number of β-amino-alcohol motifs (C(OH)–C–C–N with tert-alkyl or cyclic N) is 1. The van der Waals surface area contributed by atoms with Gasteiger partial charge in [0.05, 0.1) is 31.7 Å². The molecule has 0 radical (unpaired) electrons. The lowest BCUT2D eigenvalue weighted by atomic mass is 9.99. The number of aliphatic hydroxyl groups is 1. The van der Waals surface area contributed by atoms with Crippen molar-refractivity contribution in [2.24, 2.45) is 4.99 Å². The molecule has 206 valence electrons. The van der Waals surface area contributed by atoms with Crippen molar-refractivity contribution in [2.45, 2.75) is 52.7 Å². The number of hydrogen-bond acceptors (Lipinski definition) is 9. The predicted octanol–water partition coefficient (Wildman–Crippen LogP) is 2.76. The Morgan fingerprint density at radius 3 is 2.53 bits per heavy atom. The smallest absolute Gasteiger partial charge is 0.305 e. The molecule has 1 heterocycles. The molecule has 0 saturated carbocycles. The Labute approximate surface area is 221 Å². The van der Waals surface area contributed by atoms with E-state index in [1.54, 1.807) is 38.1 Å². The predicted molar refractivity (Wildman–Crippen MR) is 144 cm³/mol. The fraction of sp³-hybridized carbons (Fsp3) is 0.407. The van der Waals surface area contributed by atoms with Gasteiger partial charge < -0.3 is 36.0 Å². The zero-order valence-electron chi connectivity index (χ0n) is 22.1. The molecular formula is C27H36N4O7. The van der Waals surface area contributed by atoms with Crippen LogP contribution in [-0.4, -0.2) is 64.7 Å². The molecule has 3 rings (SSSR count). The Morgan fingerprint density at radius 1 is 1.21 bits per heavy atom. The Morgan fingerprint density at radius 2 is 1.95 bits per heavy atom. The second-order valence-electron chi connectivity index (χ2n) is 8.62. The van der Waals surface area contributed by atoms with Gasteiger partial charge in [0, 0.05) is 35.3 Å². The Kier molecular flexibility index (Phi) is 11.5. The number of carboxylic acids is 1. The summed E-state index contributed by atoms with van der Waals surface area (Å²) >= 11 is 0. The number of ether oxygens (including phenoxy) is 1.